The third-order valence-corrected chi connectivity index (χ3v) is 9.14. The number of fused-ring (bicyclic) bond motifs is 1. The molecule has 3 aliphatic heterocycles. The predicted molar refractivity (Wildman–Crippen MR) is 153 cm³/mol. The summed E-state index contributed by atoms with van der Waals surface area (Å²) in [6.45, 7) is 10.3. The van der Waals surface area contributed by atoms with Crippen LogP contribution in [-0.4, -0.2) is 63.9 Å². The highest BCUT2D eigenvalue weighted by molar-refractivity contribution is 5.81. The van der Waals surface area contributed by atoms with Gasteiger partial charge < -0.3 is 4.98 Å². The van der Waals surface area contributed by atoms with Gasteiger partial charge in [-0.3, -0.25) is 19.7 Å². The second-order valence-electron chi connectivity index (χ2n) is 11.7. The number of H-pyrrole nitrogens is 1. The second-order valence-corrected chi connectivity index (χ2v) is 11.7. The summed E-state index contributed by atoms with van der Waals surface area (Å²) in [6, 6.07) is 14.1. The van der Waals surface area contributed by atoms with Crippen molar-refractivity contribution in [2.24, 2.45) is 0 Å². The van der Waals surface area contributed by atoms with Gasteiger partial charge in [-0.25, -0.2) is 0 Å². The fourth-order valence-electron chi connectivity index (χ4n) is 7.32. The molecule has 0 spiro atoms. The van der Waals surface area contributed by atoms with Gasteiger partial charge in [-0.1, -0.05) is 37.8 Å². The van der Waals surface area contributed by atoms with Gasteiger partial charge in [-0.05, 0) is 93.9 Å². The molecule has 0 atom stereocenters. The highest BCUT2D eigenvalue weighted by atomic mass is 15.4. The minimum absolute atomic E-state index is 0.319. The van der Waals surface area contributed by atoms with Crippen molar-refractivity contribution in [1.29, 1.82) is 0 Å². The van der Waals surface area contributed by atoms with Crippen LogP contribution in [0.3, 0.4) is 0 Å². The second kappa shape index (κ2) is 11.3. The Morgan fingerprint density at radius 2 is 1.38 bits per heavy atom. The fourth-order valence-corrected chi connectivity index (χ4v) is 7.32. The van der Waals surface area contributed by atoms with E-state index in [0.29, 0.717) is 0 Å². The van der Waals surface area contributed by atoms with E-state index in [1.54, 1.807) is 0 Å². The molecule has 5 heteroatoms. The van der Waals surface area contributed by atoms with Gasteiger partial charge in [0.25, 0.3) is 0 Å². The van der Waals surface area contributed by atoms with E-state index in [0.717, 1.165) is 32.7 Å². The Kier molecular flexibility index (Phi) is 7.64. The first-order valence-electron chi connectivity index (χ1n) is 15.0. The van der Waals surface area contributed by atoms with Crippen LogP contribution in [0.1, 0.15) is 86.7 Å². The maximum Gasteiger partial charge on any atom is 0.144 e. The van der Waals surface area contributed by atoms with Crippen molar-refractivity contribution >= 4 is 10.9 Å². The first-order chi connectivity index (χ1) is 18.2. The molecule has 3 saturated heterocycles. The molecule has 198 valence electrons. The summed E-state index contributed by atoms with van der Waals surface area (Å²) in [4.78, 5) is 17.2. The van der Waals surface area contributed by atoms with Gasteiger partial charge in [0.2, 0.25) is 0 Å². The normalized spacial score (nSPS) is 21.3. The number of nitrogens with zero attached hydrogens (tertiary/aromatic N) is 4. The number of aryl methyl sites for hydroxylation is 1. The van der Waals surface area contributed by atoms with Gasteiger partial charge in [0.05, 0.1) is 5.69 Å². The molecule has 0 saturated carbocycles. The minimum Gasteiger partial charge on any atom is -0.357 e. The van der Waals surface area contributed by atoms with E-state index in [-0.39, 0.29) is 5.66 Å². The SMILES string of the molecule is Cc1cccnc1C(c1ccc2[nH]c(CN3CCCC3)cc2c1)(N1CCCCCC1)N1CCCCCC1. The lowest BCUT2D eigenvalue weighted by Crippen LogP contribution is -2.60. The quantitative estimate of drug-likeness (QED) is 0.425. The summed E-state index contributed by atoms with van der Waals surface area (Å²) in [7, 11) is 0. The zero-order valence-electron chi connectivity index (χ0n) is 22.9. The van der Waals surface area contributed by atoms with Crippen molar-refractivity contribution in [3.05, 3.63) is 65.1 Å². The molecule has 5 nitrogen and oxygen atoms in total. The van der Waals surface area contributed by atoms with E-state index < -0.39 is 0 Å². The van der Waals surface area contributed by atoms with E-state index in [1.807, 2.05) is 6.20 Å². The summed E-state index contributed by atoms with van der Waals surface area (Å²) in [5.74, 6) is 0. The number of rotatable bonds is 6. The summed E-state index contributed by atoms with van der Waals surface area (Å²) >= 11 is 0. The summed E-state index contributed by atoms with van der Waals surface area (Å²) in [5.41, 5.74) is 6.23. The molecular weight excluding hydrogens is 454 g/mol. The molecule has 3 fully saturated rings. The molecule has 1 aromatic carbocycles. The first-order valence-corrected chi connectivity index (χ1v) is 15.0. The number of likely N-dealkylation sites (tertiary alicyclic amines) is 3. The van der Waals surface area contributed by atoms with Crippen LogP contribution in [-0.2, 0) is 12.2 Å². The maximum absolute atomic E-state index is 5.19. The predicted octanol–water partition coefficient (Wildman–Crippen LogP) is 6.42. The Bertz CT molecular complexity index is 1140. The summed E-state index contributed by atoms with van der Waals surface area (Å²) < 4.78 is 0. The van der Waals surface area contributed by atoms with Crippen LogP contribution in [0.5, 0.6) is 0 Å². The summed E-state index contributed by atoms with van der Waals surface area (Å²) in [6.07, 6.45) is 15.1. The van der Waals surface area contributed by atoms with Crippen molar-refractivity contribution in [2.75, 3.05) is 39.3 Å². The number of hydrogen-bond donors (Lipinski definition) is 1. The smallest absolute Gasteiger partial charge is 0.144 e. The molecule has 1 N–H and O–H groups in total. The van der Waals surface area contributed by atoms with Gasteiger partial charge in [0.1, 0.15) is 5.66 Å². The molecule has 6 rings (SSSR count). The van der Waals surface area contributed by atoms with E-state index in [2.05, 4.69) is 63.0 Å². The van der Waals surface area contributed by atoms with Gasteiger partial charge in [0, 0.05) is 55.5 Å². The molecule has 0 radical (unpaired) electrons. The number of aromatic amines is 1. The standard InChI is InChI=1S/C32H45N5/c1-26-13-12-16-33-31(26)32(36-19-6-2-3-7-20-36,37-21-8-4-5-9-22-37)28-14-15-30-27(23-28)24-29(34-30)25-35-17-10-11-18-35/h12-16,23-24,34H,2-11,17-22,25H2,1H3. The van der Waals surface area contributed by atoms with Crippen LogP contribution in [0.25, 0.3) is 10.9 Å². The van der Waals surface area contributed by atoms with Crippen LogP contribution < -0.4 is 0 Å². The lowest BCUT2D eigenvalue weighted by atomic mass is 9.87. The van der Waals surface area contributed by atoms with Crippen LogP contribution in [0.2, 0.25) is 0 Å². The zero-order valence-corrected chi connectivity index (χ0v) is 22.9. The van der Waals surface area contributed by atoms with Gasteiger partial charge in [-0.15, -0.1) is 0 Å². The van der Waals surface area contributed by atoms with Gasteiger partial charge in [0.15, 0.2) is 0 Å². The van der Waals surface area contributed by atoms with Crippen molar-refractivity contribution in [2.45, 2.75) is 83.3 Å². The molecule has 0 unspecified atom stereocenters. The van der Waals surface area contributed by atoms with Crippen molar-refractivity contribution < 1.29 is 0 Å². The van der Waals surface area contributed by atoms with Crippen molar-refractivity contribution in [3.63, 3.8) is 0 Å². The molecule has 2 aromatic heterocycles. The zero-order chi connectivity index (χ0) is 25.1. The molecule has 37 heavy (non-hydrogen) atoms. The molecule has 0 bridgehead atoms. The average molecular weight is 500 g/mol. The average Bonchev–Trinajstić information content (AvgIpc) is 3.36. The van der Waals surface area contributed by atoms with Crippen LogP contribution in [0, 0.1) is 6.92 Å². The number of hydrogen-bond acceptors (Lipinski definition) is 4. The third kappa shape index (κ3) is 4.98. The molecule has 3 aliphatic rings. The van der Waals surface area contributed by atoms with E-state index in [1.165, 1.54) is 111 Å². The Labute approximate surface area is 223 Å². The molecule has 0 amide bonds. The number of pyridine rings is 1. The van der Waals surface area contributed by atoms with Gasteiger partial charge >= 0.3 is 0 Å². The molecular formula is C32H45N5. The summed E-state index contributed by atoms with van der Waals surface area (Å²) in [5, 5.41) is 1.34. The van der Waals surface area contributed by atoms with Crippen LogP contribution >= 0.6 is 0 Å². The largest absolute Gasteiger partial charge is 0.357 e. The van der Waals surface area contributed by atoms with Crippen LogP contribution in [0.4, 0.5) is 0 Å². The van der Waals surface area contributed by atoms with Crippen molar-refractivity contribution in [1.82, 2.24) is 24.7 Å². The number of nitrogens with one attached hydrogen (secondary N) is 1. The van der Waals surface area contributed by atoms with E-state index in [4.69, 9.17) is 4.98 Å². The topological polar surface area (TPSA) is 38.4 Å². The van der Waals surface area contributed by atoms with E-state index in [9.17, 15) is 0 Å². The minimum atomic E-state index is -0.319. The Morgan fingerprint density at radius 1 is 0.757 bits per heavy atom. The van der Waals surface area contributed by atoms with Gasteiger partial charge in [-0.2, -0.15) is 0 Å². The third-order valence-electron chi connectivity index (χ3n) is 9.14. The van der Waals surface area contributed by atoms with Crippen molar-refractivity contribution in [3.8, 4) is 0 Å². The highest BCUT2D eigenvalue weighted by Crippen LogP contribution is 2.43. The maximum atomic E-state index is 5.19. The Morgan fingerprint density at radius 3 is 2.00 bits per heavy atom. The molecule has 3 aromatic rings. The van der Waals surface area contributed by atoms with E-state index >= 15 is 0 Å². The monoisotopic (exact) mass is 499 g/mol. The van der Waals surface area contributed by atoms with Crippen LogP contribution in [0.15, 0.2) is 42.6 Å². The fraction of sp³-hybridized carbons (Fsp3) is 0.594. The highest BCUT2D eigenvalue weighted by Gasteiger charge is 2.47. The lowest BCUT2D eigenvalue weighted by molar-refractivity contribution is -0.0343. The number of benzene rings is 1. The Hall–Kier alpha value is -2.21. The first kappa shape index (κ1) is 25.1. The Balaban J connectivity index is 1.51. The number of aromatic nitrogens is 2. The molecule has 0 aliphatic carbocycles. The lowest BCUT2D eigenvalue weighted by Gasteiger charge is -2.51. The molecule has 5 heterocycles.